The van der Waals surface area contributed by atoms with Crippen molar-refractivity contribution in [3.63, 3.8) is 0 Å². The lowest BCUT2D eigenvalue weighted by atomic mass is 9.95. The van der Waals surface area contributed by atoms with Crippen LogP contribution < -0.4 is 5.32 Å². The van der Waals surface area contributed by atoms with Crippen LogP contribution in [-0.2, 0) is 0 Å². The summed E-state index contributed by atoms with van der Waals surface area (Å²) >= 11 is 3.31. The molecule has 1 atom stereocenters. The summed E-state index contributed by atoms with van der Waals surface area (Å²) < 4.78 is 28.0. The van der Waals surface area contributed by atoms with E-state index in [4.69, 9.17) is 0 Å². The van der Waals surface area contributed by atoms with Crippen LogP contribution in [0.1, 0.15) is 35.2 Å². The standard InChI is InChI=1S/C17H18BrF2N/c1-4-21-17(13-6-5-7-14(19)15(13)18)12-8-10(2)16(20)11(3)9-12/h5-9,17,21H,4H2,1-3H3. The summed E-state index contributed by atoms with van der Waals surface area (Å²) in [6, 6.07) is 8.41. The zero-order valence-electron chi connectivity index (χ0n) is 12.3. The maximum Gasteiger partial charge on any atom is 0.137 e. The van der Waals surface area contributed by atoms with Gasteiger partial charge in [0.15, 0.2) is 0 Å². The molecule has 0 amide bonds. The smallest absolute Gasteiger partial charge is 0.137 e. The Hall–Kier alpha value is -1.26. The van der Waals surface area contributed by atoms with Gasteiger partial charge in [0.25, 0.3) is 0 Å². The van der Waals surface area contributed by atoms with E-state index in [0.717, 1.165) is 17.7 Å². The van der Waals surface area contributed by atoms with Gasteiger partial charge in [0.05, 0.1) is 10.5 Å². The highest BCUT2D eigenvalue weighted by molar-refractivity contribution is 9.10. The van der Waals surface area contributed by atoms with Gasteiger partial charge >= 0.3 is 0 Å². The minimum atomic E-state index is -0.300. The zero-order chi connectivity index (χ0) is 15.6. The fraction of sp³-hybridized carbons (Fsp3) is 0.294. The number of rotatable bonds is 4. The SMILES string of the molecule is CCNC(c1cc(C)c(F)c(C)c1)c1cccc(F)c1Br. The van der Waals surface area contributed by atoms with Crippen molar-refractivity contribution in [3.8, 4) is 0 Å². The molecule has 0 aliphatic rings. The van der Waals surface area contributed by atoms with E-state index in [1.54, 1.807) is 19.9 Å². The molecule has 0 bridgehead atoms. The fourth-order valence-corrected chi connectivity index (χ4v) is 2.99. The maximum absolute atomic E-state index is 13.8. The van der Waals surface area contributed by atoms with E-state index in [2.05, 4.69) is 21.2 Å². The second kappa shape index (κ2) is 6.67. The number of nitrogens with one attached hydrogen (secondary N) is 1. The summed E-state index contributed by atoms with van der Waals surface area (Å²) in [5.74, 6) is -0.488. The Morgan fingerprint density at radius 1 is 1.14 bits per heavy atom. The van der Waals surface area contributed by atoms with Crippen LogP contribution in [0.25, 0.3) is 0 Å². The molecule has 1 unspecified atom stereocenters. The van der Waals surface area contributed by atoms with Crippen molar-refractivity contribution in [2.75, 3.05) is 6.54 Å². The molecule has 1 N–H and O–H groups in total. The quantitative estimate of drug-likeness (QED) is 0.811. The van der Waals surface area contributed by atoms with Crippen molar-refractivity contribution in [1.82, 2.24) is 5.32 Å². The van der Waals surface area contributed by atoms with Gasteiger partial charge in [-0.3, -0.25) is 0 Å². The molecule has 112 valence electrons. The molecule has 2 rings (SSSR count). The van der Waals surface area contributed by atoms with Crippen molar-refractivity contribution in [1.29, 1.82) is 0 Å². The van der Waals surface area contributed by atoms with Crippen molar-refractivity contribution >= 4 is 15.9 Å². The van der Waals surface area contributed by atoms with Crippen LogP contribution in [0.2, 0.25) is 0 Å². The van der Waals surface area contributed by atoms with E-state index in [1.165, 1.54) is 6.07 Å². The van der Waals surface area contributed by atoms with Gasteiger partial charge < -0.3 is 5.32 Å². The normalized spacial score (nSPS) is 12.5. The molecule has 0 heterocycles. The molecule has 4 heteroatoms. The molecule has 0 aliphatic carbocycles. The molecule has 0 fully saturated rings. The second-order valence-electron chi connectivity index (χ2n) is 5.10. The van der Waals surface area contributed by atoms with Gasteiger partial charge in [0.1, 0.15) is 11.6 Å². The Morgan fingerprint density at radius 3 is 2.33 bits per heavy atom. The molecule has 21 heavy (non-hydrogen) atoms. The molecule has 1 nitrogen and oxygen atoms in total. The van der Waals surface area contributed by atoms with Gasteiger partial charge in [-0.15, -0.1) is 0 Å². The van der Waals surface area contributed by atoms with Crippen LogP contribution >= 0.6 is 15.9 Å². The average Bonchev–Trinajstić information content (AvgIpc) is 2.45. The zero-order valence-corrected chi connectivity index (χ0v) is 13.9. The molecular formula is C17H18BrF2N. The van der Waals surface area contributed by atoms with E-state index in [-0.39, 0.29) is 17.7 Å². The van der Waals surface area contributed by atoms with Gasteiger partial charge in [0.2, 0.25) is 0 Å². The van der Waals surface area contributed by atoms with Crippen LogP contribution in [0.4, 0.5) is 8.78 Å². The second-order valence-corrected chi connectivity index (χ2v) is 5.90. The van der Waals surface area contributed by atoms with Gasteiger partial charge in [-0.25, -0.2) is 8.78 Å². The Kier molecular flexibility index (Phi) is 5.12. The summed E-state index contributed by atoms with van der Waals surface area (Å²) in [6.45, 7) is 6.21. The van der Waals surface area contributed by atoms with Crippen LogP contribution in [0, 0.1) is 25.5 Å². The molecule has 0 saturated carbocycles. The predicted molar refractivity (Wildman–Crippen MR) is 85.5 cm³/mol. The summed E-state index contributed by atoms with van der Waals surface area (Å²) in [6.07, 6.45) is 0. The van der Waals surface area contributed by atoms with Crippen LogP contribution in [0.3, 0.4) is 0 Å². The van der Waals surface area contributed by atoms with Gasteiger partial charge in [-0.1, -0.05) is 31.2 Å². The first-order chi connectivity index (χ1) is 9.95. The first-order valence-corrected chi connectivity index (χ1v) is 7.69. The van der Waals surface area contributed by atoms with Crippen LogP contribution in [-0.4, -0.2) is 6.54 Å². The third kappa shape index (κ3) is 3.33. The van der Waals surface area contributed by atoms with E-state index >= 15 is 0 Å². The molecule has 0 radical (unpaired) electrons. The predicted octanol–water partition coefficient (Wildman–Crippen LogP) is 5.04. The largest absolute Gasteiger partial charge is 0.306 e. The Bertz CT molecular complexity index is 632. The van der Waals surface area contributed by atoms with Crippen molar-refractivity contribution in [3.05, 3.63) is 68.7 Å². The number of hydrogen-bond acceptors (Lipinski definition) is 1. The third-order valence-electron chi connectivity index (χ3n) is 3.49. The lowest BCUT2D eigenvalue weighted by Gasteiger charge is -2.22. The van der Waals surface area contributed by atoms with E-state index in [1.807, 2.05) is 25.1 Å². The highest BCUT2D eigenvalue weighted by Gasteiger charge is 2.19. The highest BCUT2D eigenvalue weighted by atomic mass is 79.9. The molecule has 0 aromatic heterocycles. The Morgan fingerprint density at radius 2 is 1.76 bits per heavy atom. The van der Waals surface area contributed by atoms with E-state index in [9.17, 15) is 8.78 Å². The van der Waals surface area contributed by atoms with Gasteiger partial charge in [0, 0.05) is 0 Å². The first kappa shape index (κ1) is 16.1. The van der Waals surface area contributed by atoms with E-state index < -0.39 is 0 Å². The summed E-state index contributed by atoms with van der Waals surface area (Å²) in [5, 5.41) is 3.34. The molecule has 0 saturated heterocycles. The number of benzene rings is 2. The molecule has 0 spiro atoms. The summed E-state index contributed by atoms with van der Waals surface area (Å²) in [5.41, 5.74) is 2.93. The number of halogens is 3. The minimum Gasteiger partial charge on any atom is -0.306 e. The third-order valence-corrected chi connectivity index (χ3v) is 4.33. The average molecular weight is 354 g/mol. The number of aryl methyl sites for hydroxylation is 2. The van der Waals surface area contributed by atoms with Crippen LogP contribution in [0.15, 0.2) is 34.8 Å². The monoisotopic (exact) mass is 353 g/mol. The maximum atomic E-state index is 13.8. The van der Waals surface area contributed by atoms with Crippen molar-refractivity contribution in [2.24, 2.45) is 0 Å². The summed E-state index contributed by atoms with van der Waals surface area (Å²) in [7, 11) is 0. The molecule has 2 aromatic rings. The molecule has 2 aromatic carbocycles. The Balaban J connectivity index is 2.56. The molecule has 0 aliphatic heterocycles. The lowest BCUT2D eigenvalue weighted by Crippen LogP contribution is -2.23. The van der Waals surface area contributed by atoms with Crippen LogP contribution in [0.5, 0.6) is 0 Å². The summed E-state index contributed by atoms with van der Waals surface area (Å²) in [4.78, 5) is 0. The van der Waals surface area contributed by atoms with Gasteiger partial charge in [-0.2, -0.15) is 0 Å². The topological polar surface area (TPSA) is 12.0 Å². The Labute approximate surface area is 132 Å². The van der Waals surface area contributed by atoms with Gasteiger partial charge in [-0.05, 0) is 64.6 Å². The molecular weight excluding hydrogens is 336 g/mol. The lowest BCUT2D eigenvalue weighted by molar-refractivity contribution is 0.587. The number of hydrogen-bond donors (Lipinski definition) is 1. The highest BCUT2D eigenvalue weighted by Crippen LogP contribution is 2.31. The minimum absolute atomic E-state index is 0.182. The van der Waals surface area contributed by atoms with Crippen molar-refractivity contribution in [2.45, 2.75) is 26.8 Å². The first-order valence-electron chi connectivity index (χ1n) is 6.89. The van der Waals surface area contributed by atoms with Crippen molar-refractivity contribution < 1.29 is 8.78 Å². The fourth-order valence-electron chi connectivity index (χ4n) is 2.50. The van der Waals surface area contributed by atoms with E-state index in [0.29, 0.717) is 15.6 Å².